The molecule has 0 heterocycles. The molecule has 18 heavy (non-hydrogen) atoms. The van der Waals surface area contributed by atoms with Crippen molar-refractivity contribution in [2.45, 2.75) is 6.61 Å². The maximum atomic E-state index is 5.79. The fraction of sp³-hybridized carbons (Fsp3) is 0.0714. The van der Waals surface area contributed by atoms with Crippen molar-refractivity contribution in [2.75, 3.05) is 0 Å². The van der Waals surface area contributed by atoms with Gasteiger partial charge in [0.2, 0.25) is 0 Å². The minimum Gasteiger partial charge on any atom is -0.391 e. The van der Waals surface area contributed by atoms with Crippen LogP contribution >= 0.6 is 27.5 Å². The Morgan fingerprint density at radius 1 is 1.06 bits per heavy atom. The molecule has 0 aliphatic heterocycles. The first-order valence-electron chi connectivity index (χ1n) is 5.39. The molecule has 92 valence electrons. The Balaban J connectivity index is 1.84. The zero-order valence-corrected chi connectivity index (χ0v) is 11.9. The third kappa shape index (κ3) is 4.17. The molecular weight excluding hydrogens is 314 g/mol. The third-order valence-corrected chi connectivity index (χ3v) is 3.07. The van der Waals surface area contributed by atoms with E-state index < -0.39 is 0 Å². The zero-order chi connectivity index (χ0) is 12.8. The molecular formula is C14H11BrClNO. The SMILES string of the molecule is Clc1ccc(/C=N\OCc2ccc(Br)cc2)cc1. The summed E-state index contributed by atoms with van der Waals surface area (Å²) in [4.78, 5) is 5.21. The lowest BCUT2D eigenvalue weighted by atomic mass is 10.2. The highest BCUT2D eigenvalue weighted by atomic mass is 79.9. The topological polar surface area (TPSA) is 21.6 Å². The summed E-state index contributed by atoms with van der Waals surface area (Å²) in [5, 5.41) is 4.62. The summed E-state index contributed by atoms with van der Waals surface area (Å²) >= 11 is 9.17. The summed E-state index contributed by atoms with van der Waals surface area (Å²) in [5.41, 5.74) is 2.03. The summed E-state index contributed by atoms with van der Waals surface area (Å²) in [6, 6.07) is 15.3. The Bertz CT molecular complexity index is 522. The molecule has 0 aliphatic carbocycles. The summed E-state index contributed by atoms with van der Waals surface area (Å²) in [7, 11) is 0. The predicted molar refractivity (Wildman–Crippen MR) is 78.0 cm³/mol. The van der Waals surface area contributed by atoms with Crippen molar-refractivity contribution < 1.29 is 4.84 Å². The Labute approximate surface area is 119 Å². The van der Waals surface area contributed by atoms with E-state index in [0.29, 0.717) is 11.6 Å². The third-order valence-electron chi connectivity index (χ3n) is 2.29. The van der Waals surface area contributed by atoms with Crippen LogP contribution in [0, 0.1) is 0 Å². The molecule has 0 amide bonds. The number of benzene rings is 2. The number of halogens is 2. The van der Waals surface area contributed by atoms with Crippen LogP contribution in [-0.2, 0) is 11.4 Å². The van der Waals surface area contributed by atoms with Crippen LogP contribution in [0.3, 0.4) is 0 Å². The van der Waals surface area contributed by atoms with Crippen LogP contribution < -0.4 is 0 Å². The first-order valence-corrected chi connectivity index (χ1v) is 6.56. The van der Waals surface area contributed by atoms with Crippen molar-refractivity contribution in [3.8, 4) is 0 Å². The van der Waals surface area contributed by atoms with E-state index >= 15 is 0 Å². The molecule has 0 radical (unpaired) electrons. The van der Waals surface area contributed by atoms with Crippen LogP contribution in [0.2, 0.25) is 5.02 Å². The highest BCUT2D eigenvalue weighted by Gasteiger charge is 1.92. The molecule has 0 saturated heterocycles. The van der Waals surface area contributed by atoms with E-state index in [9.17, 15) is 0 Å². The molecule has 0 bridgehead atoms. The Morgan fingerprint density at radius 2 is 1.72 bits per heavy atom. The summed E-state index contributed by atoms with van der Waals surface area (Å²) in [6.07, 6.45) is 1.66. The molecule has 2 aromatic rings. The molecule has 0 atom stereocenters. The number of hydrogen-bond donors (Lipinski definition) is 0. The smallest absolute Gasteiger partial charge is 0.142 e. The minimum absolute atomic E-state index is 0.456. The Morgan fingerprint density at radius 3 is 2.39 bits per heavy atom. The maximum absolute atomic E-state index is 5.79. The fourth-order valence-corrected chi connectivity index (χ4v) is 1.73. The molecule has 0 N–H and O–H groups in total. The van der Waals surface area contributed by atoms with Crippen LogP contribution in [0.4, 0.5) is 0 Å². The number of hydrogen-bond acceptors (Lipinski definition) is 2. The van der Waals surface area contributed by atoms with Crippen LogP contribution in [-0.4, -0.2) is 6.21 Å². The number of nitrogens with zero attached hydrogens (tertiary/aromatic N) is 1. The van der Waals surface area contributed by atoms with Crippen LogP contribution in [0.1, 0.15) is 11.1 Å². The molecule has 2 nitrogen and oxygen atoms in total. The van der Waals surface area contributed by atoms with Crippen molar-refractivity contribution in [3.05, 3.63) is 69.2 Å². The first kappa shape index (κ1) is 13.1. The predicted octanol–water partition coefficient (Wildman–Crippen LogP) is 4.65. The average Bonchev–Trinajstić information content (AvgIpc) is 2.39. The first-order chi connectivity index (χ1) is 8.74. The van der Waals surface area contributed by atoms with Crippen molar-refractivity contribution >= 4 is 33.7 Å². The van der Waals surface area contributed by atoms with Gasteiger partial charge in [-0.25, -0.2) is 0 Å². The highest BCUT2D eigenvalue weighted by molar-refractivity contribution is 9.10. The molecule has 0 saturated carbocycles. The molecule has 2 rings (SSSR count). The van der Waals surface area contributed by atoms with E-state index in [2.05, 4.69) is 21.1 Å². The van der Waals surface area contributed by atoms with Gasteiger partial charge in [-0.3, -0.25) is 0 Å². The largest absolute Gasteiger partial charge is 0.391 e. The molecule has 4 heteroatoms. The maximum Gasteiger partial charge on any atom is 0.142 e. The van der Waals surface area contributed by atoms with Gasteiger partial charge in [-0.2, -0.15) is 0 Å². The van der Waals surface area contributed by atoms with Gasteiger partial charge in [0.15, 0.2) is 0 Å². The van der Waals surface area contributed by atoms with Crippen molar-refractivity contribution in [3.63, 3.8) is 0 Å². The molecule has 0 fully saturated rings. The molecule has 0 aromatic heterocycles. The van der Waals surface area contributed by atoms with Gasteiger partial charge in [-0.1, -0.05) is 57.0 Å². The van der Waals surface area contributed by atoms with Gasteiger partial charge >= 0.3 is 0 Å². The van der Waals surface area contributed by atoms with E-state index in [0.717, 1.165) is 15.6 Å². The standard InChI is InChI=1S/C14H11BrClNO/c15-13-5-1-12(2-6-13)10-18-17-9-11-3-7-14(16)8-4-11/h1-9H,10H2/b17-9-. The van der Waals surface area contributed by atoms with Gasteiger partial charge in [-0.15, -0.1) is 0 Å². The van der Waals surface area contributed by atoms with Gasteiger partial charge < -0.3 is 4.84 Å². The van der Waals surface area contributed by atoms with Gasteiger partial charge in [-0.05, 0) is 35.4 Å². The van der Waals surface area contributed by atoms with E-state index in [4.69, 9.17) is 16.4 Å². The van der Waals surface area contributed by atoms with Crippen molar-refractivity contribution in [2.24, 2.45) is 5.16 Å². The van der Waals surface area contributed by atoms with E-state index in [1.165, 1.54) is 0 Å². The Kier molecular flexibility index (Phi) is 4.79. The Hall–Kier alpha value is -1.32. The van der Waals surface area contributed by atoms with Gasteiger partial charge in [0, 0.05) is 9.50 Å². The minimum atomic E-state index is 0.456. The van der Waals surface area contributed by atoms with E-state index in [1.807, 2.05) is 48.5 Å². The lowest BCUT2D eigenvalue weighted by Gasteiger charge is -1.99. The van der Waals surface area contributed by atoms with Crippen LogP contribution in [0.25, 0.3) is 0 Å². The monoisotopic (exact) mass is 323 g/mol. The lowest BCUT2D eigenvalue weighted by molar-refractivity contribution is 0.132. The number of rotatable bonds is 4. The van der Waals surface area contributed by atoms with Crippen LogP contribution in [0.15, 0.2) is 58.2 Å². The van der Waals surface area contributed by atoms with Crippen LogP contribution in [0.5, 0.6) is 0 Å². The fourth-order valence-electron chi connectivity index (χ4n) is 1.34. The van der Waals surface area contributed by atoms with E-state index in [-0.39, 0.29) is 0 Å². The van der Waals surface area contributed by atoms with E-state index in [1.54, 1.807) is 6.21 Å². The second-order valence-corrected chi connectivity index (χ2v) is 5.04. The zero-order valence-electron chi connectivity index (χ0n) is 9.51. The summed E-state index contributed by atoms with van der Waals surface area (Å²) in [6.45, 7) is 0.456. The molecule has 2 aromatic carbocycles. The number of oxime groups is 1. The molecule has 0 aliphatic rings. The van der Waals surface area contributed by atoms with Gasteiger partial charge in [0.25, 0.3) is 0 Å². The van der Waals surface area contributed by atoms with Crippen molar-refractivity contribution in [1.82, 2.24) is 0 Å². The van der Waals surface area contributed by atoms with Crippen molar-refractivity contribution in [1.29, 1.82) is 0 Å². The summed E-state index contributed by atoms with van der Waals surface area (Å²) in [5.74, 6) is 0. The van der Waals surface area contributed by atoms with Gasteiger partial charge in [0.05, 0.1) is 6.21 Å². The lowest BCUT2D eigenvalue weighted by Crippen LogP contribution is -1.87. The highest BCUT2D eigenvalue weighted by Crippen LogP contribution is 2.11. The average molecular weight is 325 g/mol. The molecule has 0 spiro atoms. The second-order valence-electron chi connectivity index (χ2n) is 3.69. The molecule has 0 unspecified atom stereocenters. The summed E-state index contributed by atoms with van der Waals surface area (Å²) < 4.78 is 1.05. The second kappa shape index (κ2) is 6.57. The van der Waals surface area contributed by atoms with Gasteiger partial charge in [0.1, 0.15) is 6.61 Å². The normalized spacial score (nSPS) is 10.8. The quantitative estimate of drug-likeness (QED) is 0.592.